The molecule has 1 atom stereocenters. The van der Waals surface area contributed by atoms with E-state index in [-0.39, 0.29) is 17.9 Å². The summed E-state index contributed by atoms with van der Waals surface area (Å²) >= 11 is 0. The maximum Gasteiger partial charge on any atom is 0.259 e. The molecule has 5 nitrogen and oxygen atoms in total. The van der Waals surface area contributed by atoms with Gasteiger partial charge in [-0.25, -0.2) is 0 Å². The second-order valence-electron chi connectivity index (χ2n) is 7.34. The molecule has 5 heteroatoms. The molecule has 2 aromatic rings. The Morgan fingerprint density at radius 1 is 1.00 bits per heavy atom. The van der Waals surface area contributed by atoms with E-state index in [4.69, 9.17) is 4.74 Å². The Bertz CT molecular complexity index is 802. The first-order valence-corrected chi connectivity index (χ1v) is 9.84. The van der Waals surface area contributed by atoms with Gasteiger partial charge in [0.25, 0.3) is 11.8 Å². The topological polar surface area (TPSA) is 67.4 Å². The highest BCUT2D eigenvalue weighted by Gasteiger charge is 2.14. The van der Waals surface area contributed by atoms with Gasteiger partial charge in [-0.15, -0.1) is 0 Å². The normalized spacial score (nSPS) is 11.8. The van der Waals surface area contributed by atoms with Crippen molar-refractivity contribution in [3.63, 3.8) is 0 Å². The van der Waals surface area contributed by atoms with E-state index in [0.717, 1.165) is 12.8 Å². The van der Waals surface area contributed by atoms with Crippen molar-refractivity contribution in [2.24, 2.45) is 5.92 Å². The van der Waals surface area contributed by atoms with E-state index < -0.39 is 0 Å². The van der Waals surface area contributed by atoms with E-state index in [1.165, 1.54) is 0 Å². The molecule has 0 saturated carbocycles. The summed E-state index contributed by atoms with van der Waals surface area (Å²) in [6.07, 6.45) is 1.78. The summed E-state index contributed by atoms with van der Waals surface area (Å²) in [6, 6.07) is 14.2. The van der Waals surface area contributed by atoms with E-state index in [9.17, 15) is 9.59 Å². The lowest BCUT2D eigenvalue weighted by Gasteiger charge is -2.14. The minimum Gasteiger partial charge on any atom is -0.493 e. The van der Waals surface area contributed by atoms with Crippen LogP contribution in [0.2, 0.25) is 0 Å². The number of para-hydroxylation sites is 1. The van der Waals surface area contributed by atoms with Crippen molar-refractivity contribution in [3.8, 4) is 5.75 Å². The summed E-state index contributed by atoms with van der Waals surface area (Å²) in [5.74, 6) is 0.680. The summed E-state index contributed by atoms with van der Waals surface area (Å²) < 4.78 is 5.80. The van der Waals surface area contributed by atoms with Crippen molar-refractivity contribution < 1.29 is 14.3 Å². The van der Waals surface area contributed by atoms with Gasteiger partial charge in [0, 0.05) is 17.3 Å². The van der Waals surface area contributed by atoms with Crippen molar-refractivity contribution in [2.45, 2.75) is 46.6 Å². The number of nitrogens with one attached hydrogen (secondary N) is 2. The predicted octanol–water partition coefficient (Wildman–Crippen LogP) is 4.89. The molecule has 0 fully saturated rings. The molecule has 0 spiro atoms. The van der Waals surface area contributed by atoms with Gasteiger partial charge in [0.1, 0.15) is 5.75 Å². The van der Waals surface area contributed by atoms with Crippen LogP contribution < -0.4 is 15.4 Å². The molecule has 2 rings (SSSR count). The number of hydrogen-bond acceptors (Lipinski definition) is 3. The monoisotopic (exact) mass is 382 g/mol. The Balaban J connectivity index is 2.09. The summed E-state index contributed by atoms with van der Waals surface area (Å²) in [7, 11) is 0. The Morgan fingerprint density at radius 2 is 1.75 bits per heavy atom. The van der Waals surface area contributed by atoms with Crippen LogP contribution in [0.15, 0.2) is 48.5 Å². The van der Waals surface area contributed by atoms with E-state index in [0.29, 0.717) is 35.1 Å². The van der Waals surface area contributed by atoms with Crippen LogP contribution in [0.5, 0.6) is 5.75 Å². The molecule has 2 aromatic carbocycles. The first-order valence-electron chi connectivity index (χ1n) is 9.84. The summed E-state index contributed by atoms with van der Waals surface area (Å²) in [5, 5.41) is 5.79. The molecule has 0 aromatic heterocycles. The third-order valence-electron chi connectivity index (χ3n) is 4.46. The van der Waals surface area contributed by atoms with Crippen molar-refractivity contribution >= 4 is 17.5 Å². The van der Waals surface area contributed by atoms with Crippen LogP contribution >= 0.6 is 0 Å². The summed E-state index contributed by atoms with van der Waals surface area (Å²) in [5.41, 5.74) is 1.55. The molecule has 0 aliphatic rings. The van der Waals surface area contributed by atoms with Gasteiger partial charge in [-0.1, -0.05) is 39.0 Å². The molecule has 2 amide bonds. The number of rotatable bonds is 9. The van der Waals surface area contributed by atoms with Crippen molar-refractivity contribution in [3.05, 3.63) is 59.7 Å². The molecule has 0 radical (unpaired) electrons. The lowest BCUT2D eigenvalue weighted by molar-refractivity contribution is 0.0938. The number of carbonyl (C=O) groups is 2. The van der Waals surface area contributed by atoms with Crippen molar-refractivity contribution in [1.82, 2.24) is 5.32 Å². The first-order chi connectivity index (χ1) is 13.4. The van der Waals surface area contributed by atoms with Gasteiger partial charge in [-0.2, -0.15) is 0 Å². The molecule has 0 aliphatic carbocycles. The van der Waals surface area contributed by atoms with Crippen LogP contribution in [-0.2, 0) is 0 Å². The highest BCUT2D eigenvalue weighted by atomic mass is 16.5. The summed E-state index contributed by atoms with van der Waals surface area (Å²) in [6.45, 7) is 8.80. The number of anilines is 1. The lowest BCUT2D eigenvalue weighted by atomic mass is 10.1. The Kier molecular flexibility index (Phi) is 8.05. The van der Waals surface area contributed by atoms with Gasteiger partial charge >= 0.3 is 0 Å². The standard InChI is InChI=1S/C23H30N2O3/c1-5-17(4)24-22(26)18-9-8-10-19(15-18)25-23(27)20-11-6-7-12-21(20)28-14-13-16(2)3/h6-12,15-17H,5,13-14H2,1-4H3,(H,24,26)(H,25,27). The van der Waals surface area contributed by atoms with Gasteiger partial charge in [-0.3, -0.25) is 9.59 Å². The van der Waals surface area contributed by atoms with Gasteiger partial charge < -0.3 is 15.4 Å². The van der Waals surface area contributed by atoms with Gasteiger partial charge in [0.15, 0.2) is 0 Å². The fourth-order valence-electron chi connectivity index (χ4n) is 2.53. The quantitative estimate of drug-likeness (QED) is 0.649. The number of hydrogen-bond donors (Lipinski definition) is 2. The minimum absolute atomic E-state index is 0.0978. The summed E-state index contributed by atoms with van der Waals surface area (Å²) in [4.78, 5) is 25.1. The molecule has 0 aliphatic heterocycles. The van der Waals surface area contributed by atoms with E-state index in [1.54, 1.807) is 42.5 Å². The van der Waals surface area contributed by atoms with Gasteiger partial charge in [0.2, 0.25) is 0 Å². The SMILES string of the molecule is CCC(C)NC(=O)c1cccc(NC(=O)c2ccccc2OCCC(C)C)c1. The van der Waals surface area contributed by atoms with Crippen LogP contribution in [0.25, 0.3) is 0 Å². The maximum atomic E-state index is 12.7. The highest BCUT2D eigenvalue weighted by molar-refractivity contribution is 6.06. The van der Waals surface area contributed by atoms with Gasteiger partial charge in [0.05, 0.1) is 12.2 Å². The molecular formula is C23H30N2O3. The molecule has 0 heterocycles. The van der Waals surface area contributed by atoms with Gasteiger partial charge in [-0.05, 0) is 56.0 Å². The molecule has 150 valence electrons. The molecular weight excluding hydrogens is 352 g/mol. The van der Waals surface area contributed by atoms with Crippen molar-refractivity contribution in [2.75, 3.05) is 11.9 Å². The fourth-order valence-corrected chi connectivity index (χ4v) is 2.53. The first kappa shape index (κ1) is 21.5. The smallest absolute Gasteiger partial charge is 0.259 e. The number of carbonyl (C=O) groups excluding carboxylic acids is 2. The third-order valence-corrected chi connectivity index (χ3v) is 4.46. The zero-order valence-electron chi connectivity index (χ0n) is 17.1. The Hall–Kier alpha value is -2.82. The molecule has 1 unspecified atom stereocenters. The fraction of sp³-hybridized carbons (Fsp3) is 0.391. The zero-order chi connectivity index (χ0) is 20.5. The predicted molar refractivity (Wildman–Crippen MR) is 113 cm³/mol. The van der Waals surface area contributed by atoms with Crippen LogP contribution in [0, 0.1) is 5.92 Å². The third kappa shape index (κ3) is 6.41. The van der Waals surface area contributed by atoms with Crippen LogP contribution in [0.1, 0.15) is 61.3 Å². The number of ether oxygens (including phenoxy) is 1. The highest BCUT2D eigenvalue weighted by Crippen LogP contribution is 2.21. The van der Waals surface area contributed by atoms with E-state index in [2.05, 4.69) is 24.5 Å². The second-order valence-corrected chi connectivity index (χ2v) is 7.34. The maximum absolute atomic E-state index is 12.7. The minimum atomic E-state index is -0.264. The van der Waals surface area contributed by atoms with Crippen molar-refractivity contribution in [1.29, 1.82) is 0 Å². The molecule has 2 N–H and O–H groups in total. The second kappa shape index (κ2) is 10.5. The lowest BCUT2D eigenvalue weighted by Crippen LogP contribution is -2.31. The average Bonchev–Trinajstić information content (AvgIpc) is 2.68. The Morgan fingerprint density at radius 3 is 2.46 bits per heavy atom. The molecule has 0 bridgehead atoms. The molecule has 28 heavy (non-hydrogen) atoms. The average molecular weight is 383 g/mol. The number of benzene rings is 2. The number of amides is 2. The van der Waals surface area contributed by atoms with E-state index >= 15 is 0 Å². The zero-order valence-corrected chi connectivity index (χ0v) is 17.1. The largest absolute Gasteiger partial charge is 0.493 e. The van der Waals surface area contributed by atoms with E-state index in [1.807, 2.05) is 19.9 Å². The van der Waals surface area contributed by atoms with Crippen LogP contribution in [-0.4, -0.2) is 24.5 Å². The van der Waals surface area contributed by atoms with Crippen LogP contribution in [0.4, 0.5) is 5.69 Å². The van der Waals surface area contributed by atoms with Crippen LogP contribution in [0.3, 0.4) is 0 Å². The Labute approximate surface area is 167 Å². The molecule has 0 saturated heterocycles.